The molecule has 1 aromatic rings. The molecule has 0 bridgehead atoms. The van der Waals surface area contributed by atoms with E-state index < -0.39 is 19.7 Å². The van der Waals surface area contributed by atoms with Crippen LogP contribution in [0.3, 0.4) is 0 Å². The van der Waals surface area contributed by atoms with Gasteiger partial charge in [-0.1, -0.05) is 0 Å². The third kappa shape index (κ3) is 2.52. The van der Waals surface area contributed by atoms with Gasteiger partial charge in [-0.25, -0.2) is 16.8 Å². The van der Waals surface area contributed by atoms with Crippen LogP contribution in [0.5, 0.6) is 0 Å². The van der Waals surface area contributed by atoms with Gasteiger partial charge in [0, 0.05) is 12.5 Å². The molecule has 0 aliphatic heterocycles. The molecule has 0 N–H and O–H groups in total. The van der Waals surface area contributed by atoms with Crippen molar-refractivity contribution in [2.75, 3.05) is 12.5 Å². The van der Waals surface area contributed by atoms with E-state index in [0.717, 1.165) is 29.9 Å². The van der Waals surface area contributed by atoms with Crippen LogP contribution in [0.25, 0.3) is 0 Å². The molecule has 7 heteroatoms. The van der Waals surface area contributed by atoms with Crippen LogP contribution in [0.15, 0.2) is 15.2 Å². The topological polar surface area (TPSA) is 68.3 Å². The molecule has 0 aliphatic carbocycles. The molecule has 0 atom stereocenters. The molecule has 0 saturated carbocycles. The van der Waals surface area contributed by atoms with Gasteiger partial charge in [-0.2, -0.15) is 0 Å². The molecular formula is C6H7O4S3. The number of thiophene rings is 1. The average Bonchev–Trinajstić information content (AvgIpc) is 2.28. The van der Waals surface area contributed by atoms with Gasteiger partial charge < -0.3 is 0 Å². The first-order valence-corrected chi connectivity index (χ1v) is 7.73. The quantitative estimate of drug-likeness (QED) is 0.747. The summed E-state index contributed by atoms with van der Waals surface area (Å²) >= 11 is 0.791. The third-order valence-electron chi connectivity index (χ3n) is 1.27. The molecule has 13 heavy (non-hydrogen) atoms. The van der Waals surface area contributed by atoms with Crippen molar-refractivity contribution in [2.24, 2.45) is 0 Å². The van der Waals surface area contributed by atoms with Gasteiger partial charge in [0.15, 0.2) is 19.7 Å². The zero-order valence-electron chi connectivity index (χ0n) is 6.94. The second kappa shape index (κ2) is 3.07. The second-order valence-electron chi connectivity index (χ2n) is 2.58. The number of sulfone groups is 2. The van der Waals surface area contributed by atoms with E-state index in [-0.39, 0.29) is 9.10 Å². The van der Waals surface area contributed by atoms with Gasteiger partial charge in [0.25, 0.3) is 0 Å². The first-order chi connectivity index (χ1) is 5.71. The SMILES string of the molecule is CS(=O)(=O)c1[c]sc(S(C)(=O)=O)c1. The Morgan fingerprint density at radius 1 is 1.15 bits per heavy atom. The molecule has 0 spiro atoms. The Balaban J connectivity index is 3.32. The maximum atomic E-state index is 11.0. The van der Waals surface area contributed by atoms with Crippen LogP contribution in [0.4, 0.5) is 0 Å². The Bertz CT molecular complexity index is 459. The predicted octanol–water partition coefficient (Wildman–Crippen LogP) is 0.355. The summed E-state index contributed by atoms with van der Waals surface area (Å²) in [4.78, 5) is -0.0714. The lowest BCUT2D eigenvalue weighted by Gasteiger charge is -1.89. The Labute approximate surface area is 81.1 Å². The van der Waals surface area contributed by atoms with Crippen molar-refractivity contribution < 1.29 is 16.8 Å². The molecule has 0 aliphatic rings. The minimum atomic E-state index is -3.35. The normalized spacial score (nSPS) is 13.1. The maximum Gasteiger partial charge on any atom is 0.184 e. The summed E-state index contributed by atoms with van der Waals surface area (Å²) in [7, 11) is -6.67. The van der Waals surface area contributed by atoms with Crippen LogP contribution in [-0.4, -0.2) is 29.3 Å². The number of hydrogen-bond acceptors (Lipinski definition) is 5. The van der Waals surface area contributed by atoms with Crippen LogP contribution >= 0.6 is 11.3 Å². The van der Waals surface area contributed by atoms with Crippen LogP contribution < -0.4 is 0 Å². The van der Waals surface area contributed by atoms with Gasteiger partial charge in [0.1, 0.15) is 4.21 Å². The molecular weight excluding hydrogens is 232 g/mol. The van der Waals surface area contributed by atoms with Crippen LogP contribution in [-0.2, 0) is 19.7 Å². The molecule has 0 fully saturated rings. The Morgan fingerprint density at radius 3 is 1.92 bits per heavy atom. The van der Waals surface area contributed by atoms with Crippen LogP contribution in [0.1, 0.15) is 0 Å². The van der Waals surface area contributed by atoms with E-state index in [4.69, 9.17) is 0 Å². The fourth-order valence-corrected chi connectivity index (χ4v) is 3.34. The molecule has 73 valence electrons. The lowest BCUT2D eigenvalue weighted by Crippen LogP contribution is -1.96. The smallest absolute Gasteiger partial charge is 0.184 e. The van der Waals surface area contributed by atoms with E-state index in [1.165, 1.54) is 0 Å². The molecule has 0 amide bonds. The van der Waals surface area contributed by atoms with Crippen molar-refractivity contribution in [1.29, 1.82) is 0 Å². The molecule has 4 nitrogen and oxygen atoms in total. The molecule has 1 radical (unpaired) electrons. The minimum Gasteiger partial charge on any atom is -0.224 e. The monoisotopic (exact) mass is 239 g/mol. The fraction of sp³-hybridized carbons (Fsp3) is 0.333. The highest BCUT2D eigenvalue weighted by atomic mass is 32.2. The number of rotatable bonds is 2. The van der Waals surface area contributed by atoms with Crippen molar-refractivity contribution in [3.8, 4) is 0 Å². The van der Waals surface area contributed by atoms with Gasteiger partial charge >= 0.3 is 0 Å². The summed E-state index contributed by atoms with van der Waals surface area (Å²) in [5.74, 6) is 0. The van der Waals surface area contributed by atoms with Crippen LogP contribution in [0.2, 0.25) is 0 Å². The largest absolute Gasteiger partial charge is 0.224 e. The van der Waals surface area contributed by atoms with Crippen molar-refractivity contribution >= 4 is 31.0 Å². The maximum absolute atomic E-state index is 11.0. The molecule has 0 aromatic carbocycles. The zero-order chi connectivity index (χ0) is 10.3. The van der Waals surface area contributed by atoms with Crippen molar-refractivity contribution in [3.05, 3.63) is 11.4 Å². The highest BCUT2D eigenvalue weighted by Crippen LogP contribution is 2.22. The van der Waals surface area contributed by atoms with E-state index >= 15 is 0 Å². The Hall–Kier alpha value is -0.400. The van der Waals surface area contributed by atoms with Crippen molar-refractivity contribution in [2.45, 2.75) is 9.10 Å². The molecule has 1 aromatic heterocycles. The van der Waals surface area contributed by atoms with Gasteiger partial charge in [0.2, 0.25) is 0 Å². The summed E-state index contributed by atoms with van der Waals surface area (Å²) in [6, 6.07) is 1.12. The molecule has 1 heterocycles. The zero-order valence-corrected chi connectivity index (χ0v) is 9.38. The Morgan fingerprint density at radius 2 is 1.69 bits per heavy atom. The fourth-order valence-electron chi connectivity index (χ4n) is 0.632. The summed E-state index contributed by atoms with van der Waals surface area (Å²) in [5, 5.41) is 2.43. The first-order valence-electron chi connectivity index (χ1n) is 3.13. The van der Waals surface area contributed by atoms with E-state index in [1.807, 2.05) is 0 Å². The summed E-state index contributed by atoms with van der Waals surface area (Å²) in [6.45, 7) is 0. The van der Waals surface area contributed by atoms with E-state index in [1.54, 1.807) is 0 Å². The highest BCUT2D eigenvalue weighted by molar-refractivity contribution is 7.93. The van der Waals surface area contributed by atoms with E-state index in [9.17, 15) is 16.8 Å². The van der Waals surface area contributed by atoms with E-state index in [2.05, 4.69) is 5.38 Å². The van der Waals surface area contributed by atoms with Crippen LogP contribution in [0, 0.1) is 5.38 Å². The number of hydrogen-bond donors (Lipinski definition) is 0. The standard InChI is InChI=1S/C6H7O4S3/c1-12(7,8)5-3-6(11-4-5)13(2,9)10/h3H,1-2H3. The van der Waals surface area contributed by atoms with Gasteiger partial charge in [0.05, 0.1) is 10.3 Å². The second-order valence-corrected chi connectivity index (χ2v) is 7.65. The molecule has 0 unspecified atom stereocenters. The lowest BCUT2D eigenvalue weighted by molar-refractivity contribution is 0.602. The van der Waals surface area contributed by atoms with Crippen molar-refractivity contribution in [3.63, 3.8) is 0 Å². The first kappa shape index (κ1) is 10.7. The van der Waals surface area contributed by atoms with E-state index in [0.29, 0.717) is 0 Å². The van der Waals surface area contributed by atoms with Gasteiger partial charge in [-0.05, 0) is 6.07 Å². The summed E-state index contributed by atoms with van der Waals surface area (Å²) in [5.41, 5.74) is 0. The highest BCUT2D eigenvalue weighted by Gasteiger charge is 2.15. The van der Waals surface area contributed by atoms with Crippen molar-refractivity contribution in [1.82, 2.24) is 0 Å². The minimum absolute atomic E-state index is 0.0212. The van der Waals surface area contributed by atoms with Gasteiger partial charge in [-0.3, -0.25) is 0 Å². The lowest BCUT2D eigenvalue weighted by atomic mass is 10.7. The summed E-state index contributed by atoms with van der Waals surface area (Å²) < 4.78 is 43.9. The molecule has 1 rings (SSSR count). The third-order valence-corrected chi connectivity index (χ3v) is 5.06. The average molecular weight is 239 g/mol. The summed E-state index contributed by atoms with van der Waals surface area (Å²) in [6.07, 6.45) is 2.04. The molecule has 0 saturated heterocycles. The Kier molecular flexibility index (Phi) is 2.52. The predicted molar refractivity (Wildman–Crippen MR) is 49.4 cm³/mol. The van der Waals surface area contributed by atoms with Gasteiger partial charge in [-0.15, -0.1) is 11.3 Å².